The lowest BCUT2D eigenvalue weighted by Crippen LogP contribution is -2.40. The Morgan fingerprint density at radius 2 is 1.94 bits per heavy atom. The molecule has 4 aromatic rings. The highest BCUT2D eigenvalue weighted by molar-refractivity contribution is 7.89. The van der Waals surface area contributed by atoms with Gasteiger partial charge in [0.15, 0.2) is 5.13 Å². The Morgan fingerprint density at radius 1 is 1.15 bits per heavy atom. The lowest BCUT2D eigenvalue weighted by atomic mass is 10.1. The third-order valence-electron chi connectivity index (χ3n) is 5.71. The van der Waals surface area contributed by atoms with E-state index in [2.05, 4.69) is 10.3 Å². The molecule has 0 bridgehead atoms. The molecule has 0 saturated carbocycles. The summed E-state index contributed by atoms with van der Waals surface area (Å²) < 4.78 is 39.3. The first-order chi connectivity index (χ1) is 16.5. The molecular formula is C24H23N3O5S2. The second-order valence-electron chi connectivity index (χ2n) is 7.88. The maximum atomic E-state index is 13.2. The molecule has 1 aromatic heterocycles. The smallest absolute Gasteiger partial charge is 0.246 e. The van der Waals surface area contributed by atoms with Gasteiger partial charge >= 0.3 is 0 Å². The zero-order chi connectivity index (χ0) is 23.7. The van der Waals surface area contributed by atoms with Crippen molar-refractivity contribution in [2.45, 2.75) is 11.3 Å². The highest BCUT2D eigenvalue weighted by Crippen LogP contribution is 2.32. The molecule has 1 N–H and O–H groups in total. The minimum Gasteiger partial charge on any atom is -0.495 e. The molecule has 10 heteroatoms. The first-order valence-electron chi connectivity index (χ1n) is 10.8. The highest BCUT2D eigenvalue weighted by atomic mass is 32.2. The number of amides is 1. The van der Waals surface area contributed by atoms with Gasteiger partial charge in [0.1, 0.15) is 10.6 Å². The summed E-state index contributed by atoms with van der Waals surface area (Å²) in [6, 6.07) is 16.8. The molecule has 0 aliphatic carbocycles. The first kappa shape index (κ1) is 22.7. The average molecular weight is 498 g/mol. The molecule has 2 heterocycles. The van der Waals surface area contributed by atoms with E-state index in [1.54, 1.807) is 12.1 Å². The number of anilines is 1. The number of carbonyl (C=O) groups is 1. The third-order valence-corrected chi connectivity index (χ3v) is 8.57. The van der Waals surface area contributed by atoms with E-state index in [1.165, 1.54) is 28.8 Å². The van der Waals surface area contributed by atoms with Crippen LogP contribution < -0.4 is 10.1 Å². The van der Waals surface area contributed by atoms with Crippen molar-refractivity contribution in [2.24, 2.45) is 0 Å². The number of ether oxygens (including phenoxy) is 2. The van der Waals surface area contributed by atoms with E-state index >= 15 is 0 Å². The molecular weight excluding hydrogens is 474 g/mol. The summed E-state index contributed by atoms with van der Waals surface area (Å²) in [6.07, 6.45) is 0.00625. The third kappa shape index (κ3) is 4.37. The van der Waals surface area contributed by atoms with Crippen molar-refractivity contribution >= 4 is 53.4 Å². The van der Waals surface area contributed by atoms with E-state index in [0.29, 0.717) is 23.9 Å². The molecule has 176 valence electrons. The second kappa shape index (κ2) is 9.30. The Morgan fingerprint density at radius 3 is 2.74 bits per heavy atom. The molecule has 1 aliphatic heterocycles. The Labute approximate surface area is 201 Å². The molecule has 34 heavy (non-hydrogen) atoms. The lowest BCUT2D eigenvalue weighted by molar-refractivity contribution is -0.115. The number of thiazole rings is 1. The molecule has 0 unspecified atom stereocenters. The van der Waals surface area contributed by atoms with Crippen LogP contribution in [0.3, 0.4) is 0 Å². The van der Waals surface area contributed by atoms with E-state index < -0.39 is 10.0 Å². The second-order valence-corrected chi connectivity index (χ2v) is 10.8. The van der Waals surface area contributed by atoms with Gasteiger partial charge in [-0.15, -0.1) is 0 Å². The number of fused-ring (bicyclic) bond motifs is 3. The molecule has 0 atom stereocenters. The molecule has 0 radical (unpaired) electrons. The van der Waals surface area contributed by atoms with Crippen molar-refractivity contribution in [2.75, 3.05) is 38.7 Å². The fraction of sp³-hybridized carbons (Fsp3) is 0.250. The topological polar surface area (TPSA) is 97.8 Å². The lowest BCUT2D eigenvalue weighted by Gasteiger charge is -2.26. The molecule has 0 spiro atoms. The van der Waals surface area contributed by atoms with Gasteiger partial charge in [-0.2, -0.15) is 4.31 Å². The Balaban J connectivity index is 1.37. The number of hydrogen-bond acceptors (Lipinski definition) is 7. The van der Waals surface area contributed by atoms with Crippen LogP contribution in [0.25, 0.3) is 21.0 Å². The van der Waals surface area contributed by atoms with E-state index in [-0.39, 0.29) is 36.1 Å². The van der Waals surface area contributed by atoms with Crippen LogP contribution in [0, 0.1) is 0 Å². The number of hydrogen-bond donors (Lipinski definition) is 1. The predicted molar refractivity (Wildman–Crippen MR) is 132 cm³/mol. The van der Waals surface area contributed by atoms with Crippen LogP contribution in [-0.2, 0) is 26.0 Å². The molecule has 1 fully saturated rings. The number of methoxy groups -OCH3 is 1. The van der Waals surface area contributed by atoms with Crippen molar-refractivity contribution < 1.29 is 22.7 Å². The van der Waals surface area contributed by atoms with Gasteiger partial charge < -0.3 is 14.8 Å². The van der Waals surface area contributed by atoms with Gasteiger partial charge in [-0.05, 0) is 29.1 Å². The quantitative estimate of drug-likeness (QED) is 0.437. The number of nitrogens with zero attached hydrogens (tertiary/aromatic N) is 2. The van der Waals surface area contributed by atoms with Crippen LogP contribution in [0.1, 0.15) is 5.56 Å². The average Bonchev–Trinajstić information content (AvgIpc) is 3.27. The summed E-state index contributed by atoms with van der Waals surface area (Å²) in [5, 5.41) is 5.48. The molecule has 1 aliphatic rings. The number of aromatic nitrogens is 1. The van der Waals surface area contributed by atoms with Crippen LogP contribution in [0.4, 0.5) is 5.13 Å². The normalized spacial score (nSPS) is 15.0. The van der Waals surface area contributed by atoms with E-state index in [4.69, 9.17) is 9.47 Å². The van der Waals surface area contributed by atoms with Crippen molar-refractivity contribution in [3.63, 3.8) is 0 Å². The number of rotatable bonds is 6. The Kier molecular flexibility index (Phi) is 6.22. The summed E-state index contributed by atoms with van der Waals surface area (Å²) in [5.74, 6) is -0.0306. The predicted octanol–water partition coefficient (Wildman–Crippen LogP) is 3.66. The SMILES string of the molecule is COc1ccc(CC(=O)Nc2nc3c(ccc4ccccc43)s2)cc1S(=O)(=O)N1CCOCC1. The monoisotopic (exact) mass is 497 g/mol. The van der Waals surface area contributed by atoms with Crippen LogP contribution in [-0.4, -0.2) is 57.0 Å². The van der Waals surface area contributed by atoms with Crippen LogP contribution >= 0.6 is 11.3 Å². The van der Waals surface area contributed by atoms with Crippen LogP contribution in [0.2, 0.25) is 0 Å². The van der Waals surface area contributed by atoms with Crippen molar-refractivity contribution in [3.05, 3.63) is 60.2 Å². The van der Waals surface area contributed by atoms with Crippen molar-refractivity contribution in [3.8, 4) is 5.75 Å². The number of morpholine rings is 1. The van der Waals surface area contributed by atoms with Gasteiger partial charge in [0.25, 0.3) is 0 Å². The van der Waals surface area contributed by atoms with Gasteiger partial charge in [-0.3, -0.25) is 4.79 Å². The molecule has 1 amide bonds. The van der Waals surface area contributed by atoms with Gasteiger partial charge in [-0.25, -0.2) is 13.4 Å². The van der Waals surface area contributed by atoms with Gasteiger partial charge in [-0.1, -0.05) is 47.7 Å². The number of sulfonamides is 1. The first-order valence-corrected chi connectivity index (χ1v) is 13.0. The Hall–Kier alpha value is -3.05. The molecule has 8 nitrogen and oxygen atoms in total. The number of benzene rings is 3. The summed E-state index contributed by atoms with van der Waals surface area (Å²) in [5.41, 5.74) is 1.42. The van der Waals surface area contributed by atoms with Gasteiger partial charge in [0.05, 0.1) is 37.0 Å². The van der Waals surface area contributed by atoms with Gasteiger partial charge in [0.2, 0.25) is 15.9 Å². The fourth-order valence-electron chi connectivity index (χ4n) is 4.02. The summed E-state index contributed by atoms with van der Waals surface area (Å²) in [7, 11) is -2.35. The fourth-order valence-corrected chi connectivity index (χ4v) is 6.53. The van der Waals surface area contributed by atoms with Crippen molar-refractivity contribution in [1.82, 2.24) is 9.29 Å². The van der Waals surface area contributed by atoms with E-state index in [9.17, 15) is 13.2 Å². The maximum absolute atomic E-state index is 13.2. The minimum absolute atomic E-state index is 0.00625. The van der Waals surface area contributed by atoms with Crippen LogP contribution in [0.5, 0.6) is 5.75 Å². The van der Waals surface area contributed by atoms with Crippen LogP contribution in [0.15, 0.2) is 59.5 Å². The molecule has 1 saturated heterocycles. The highest BCUT2D eigenvalue weighted by Gasteiger charge is 2.29. The largest absolute Gasteiger partial charge is 0.495 e. The summed E-state index contributed by atoms with van der Waals surface area (Å²) in [6.45, 7) is 1.26. The number of carbonyl (C=O) groups excluding carboxylic acids is 1. The Bertz CT molecular complexity index is 1480. The standard InChI is InChI=1S/C24H23N3O5S2/c1-31-19-8-6-16(14-21(19)34(29,30)27-10-12-32-13-11-27)15-22(28)25-24-26-23-18-5-3-2-4-17(18)7-9-20(23)33-24/h2-9,14H,10-13,15H2,1H3,(H,25,26,28). The summed E-state index contributed by atoms with van der Waals surface area (Å²) >= 11 is 1.41. The van der Waals surface area contributed by atoms with Gasteiger partial charge in [0, 0.05) is 18.5 Å². The number of nitrogens with one attached hydrogen (secondary N) is 1. The van der Waals surface area contributed by atoms with E-state index in [1.807, 2.05) is 36.4 Å². The van der Waals surface area contributed by atoms with E-state index in [0.717, 1.165) is 21.0 Å². The summed E-state index contributed by atoms with van der Waals surface area (Å²) in [4.78, 5) is 17.5. The molecule has 3 aromatic carbocycles. The zero-order valence-corrected chi connectivity index (χ0v) is 20.1. The van der Waals surface area contributed by atoms with Crippen molar-refractivity contribution in [1.29, 1.82) is 0 Å². The maximum Gasteiger partial charge on any atom is 0.246 e. The molecule has 5 rings (SSSR count). The minimum atomic E-state index is -3.77. The zero-order valence-electron chi connectivity index (χ0n) is 18.5.